The average molecular weight is 354 g/mol. The van der Waals surface area contributed by atoms with Crippen molar-refractivity contribution in [3.8, 4) is 5.75 Å². The number of hydrogen-bond acceptors (Lipinski definition) is 3. The Morgan fingerprint density at radius 1 is 1.13 bits per heavy atom. The average Bonchev–Trinajstić information content (AvgIpc) is 2.49. The molecule has 2 aromatic carbocycles. The molecule has 0 amide bonds. The maximum Gasteiger partial charge on any atom is 0.215 e. The van der Waals surface area contributed by atoms with Gasteiger partial charge in [-0.05, 0) is 42.7 Å². The van der Waals surface area contributed by atoms with Crippen LogP contribution < -0.4 is 9.46 Å². The molecule has 0 aliphatic rings. The second-order valence-electron chi connectivity index (χ2n) is 5.36. The van der Waals surface area contributed by atoms with Gasteiger partial charge in [-0.15, -0.1) is 0 Å². The molecule has 0 unspecified atom stereocenters. The highest BCUT2D eigenvalue weighted by Gasteiger charge is 2.13. The first-order valence-electron chi connectivity index (χ1n) is 7.28. The van der Waals surface area contributed by atoms with Gasteiger partial charge in [-0.25, -0.2) is 13.1 Å². The summed E-state index contributed by atoms with van der Waals surface area (Å²) in [5, 5.41) is 0.449. The van der Waals surface area contributed by atoms with Gasteiger partial charge in [0.05, 0.1) is 5.75 Å². The van der Waals surface area contributed by atoms with E-state index < -0.39 is 10.0 Å². The van der Waals surface area contributed by atoms with Crippen LogP contribution in [0.5, 0.6) is 5.75 Å². The van der Waals surface area contributed by atoms with Crippen LogP contribution in [0.1, 0.15) is 16.7 Å². The van der Waals surface area contributed by atoms with E-state index in [-0.39, 0.29) is 18.9 Å². The van der Waals surface area contributed by atoms with E-state index in [1.807, 2.05) is 32.0 Å². The lowest BCUT2D eigenvalue weighted by Gasteiger charge is -2.11. The fourth-order valence-electron chi connectivity index (χ4n) is 2.09. The fraction of sp³-hybridized carbons (Fsp3) is 0.294. The summed E-state index contributed by atoms with van der Waals surface area (Å²) in [5.41, 5.74) is 2.71. The molecular formula is C17H20ClNO3S. The van der Waals surface area contributed by atoms with E-state index in [0.717, 1.165) is 16.9 Å². The van der Waals surface area contributed by atoms with Crippen LogP contribution in [0.3, 0.4) is 0 Å². The van der Waals surface area contributed by atoms with Crippen LogP contribution in [-0.2, 0) is 15.8 Å². The van der Waals surface area contributed by atoms with Crippen molar-refractivity contribution >= 4 is 21.6 Å². The maximum absolute atomic E-state index is 12.1. The molecule has 0 saturated carbocycles. The summed E-state index contributed by atoms with van der Waals surface area (Å²) < 4.78 is 32.3. The Bertz CT molecular complexity index is 775. The van der Waals surface area contributed by atoms with Crippen molar-refractivity contribution in [1.82, 2.24) is 4.72 Å². The molecule has 0 aliphatic carbocycles. The molecule has 0 aromatic heterocycles. The minimum Gasteiger partial charge on any atom is -0.492 e. The van der Waals surface area contributed by atoms with E-state index in [0.29, 0.717) is 10.6 Å². The number of halogens is 1. The van der Waals surface area contributed by atoms with Crippen LogP contribution in [0, 0.1) is 13.8 Å². The molecule has 4 nitrogen and oxygen atoms in total. The molecule has 0 atom stereocenters. The number of nitrogens with one attached hydrogen (secondary N) is 1. The number of hydrogen-bond donors (Lipinski definition) is 1. The van der Waals surface area contributed by atoms with Crippen molar-refractivity contribution in [3.63, 3.8) is 0 Å². The van der Waals surface area contributed by atoms with Gasteiger partial charge in [0.1, 0.15) is 12.4 Å². The molecule has 6 heteroatoms. The Hall–Kier alpha value is -1.56. The number of aryl methyl sites for hydroxylation is 2. The third-order valence-electron chi connectivity index (χ3n) is 3.33. The second-order valence-corrected chi connectivity index (χ2v) is 7.58. The van der Waals surface area contributed by atoms with Crippen LogP contribution in [0.2, 0.25) is 5.02 Å². The summed E-state index contributed by atoms with van der Waals surface area (Å²) >= 11 is 5.99. The van der Waals surface area contributed by atoms with Crippen molar-refractivity contribution in [2.24, 2.45) is 0 Å². The summed E-state index contributed by atoms with van der Waals surface area (Å²) in [5.74, 6) is 0.631. The third-order valence-corrected chi connectivity index (χ3v) is 5.03. The molecule has 2 rings (SSSR count). The van der Waals surface area contributed by atoms with Crippen molar-refractivity contribution in [3.05, 3.63) is 64.2 Å². The van der Waals surface area contributed by atoms with Gasteiger partial charge in [0.25, 0.3) is 0 Å². The first-order chi connectivity index (χ1) is 10.9. The van der Waals surface area contributed by atoms with Gasteiger partial charge in [0.2, 0.25) is 10.0 Å². The van der Waals surface area contributed by atoms with Crippen LogP contribution >= 0.6 is 11.6 Å². The Labute approximate surface area is 142 Å². The lowest BCUT2D eigenvalue weighted by Crippen LogP contribution is -2.29. The highest BCUT2D eigenvalue weighted by atomic mass is 35.5. The number of benzene rings is 2. The number of rotatable bonds is 7. The van der Waals surface area contributed by atoms with E-state index in [1.54, 1.807) is 24.3 Å². The van der Waals surface area contributed by atoms with Gasteiger partial charge in [-0.2, -0.15) is 0 Å². The predicted octanol–water partition coefficient (Wildman–Crippen LogP) is 3.46. The molecule has 0 bridgehead atoms. The first kappa shape index (κ1) is 17.8. The molecule has 0 saturated heterocycles. The third kappa shape index (κ3) is 5.53. The van der Waals surface area contributed by atoms with E-state index >= 15 is 0 Å². The zero-order valence-electron chi connectivity index (χ0n) is 13.2. The SMILES string of the molecule is Cc1ccc(C)c(OCCNS(=O)(=O)Cc2ccccc2Cl)c1. The largest absolute Gasteiger partial charge is 0.492 e. The second kappa shape index (κ2) is 7.81. The van der Waals surface area contributed by atoms with Crippen molar-refractivity contribution in [2.75, 3.05) is 13.2 Å². The zero-order valence-corrected chi connectivity index (χ0v) is 14.7. The molecule has 1 N–H and O–H groups in total. The summed E-state index contributed by atoms with van der Waals surface area (Å²) in [6.07, 6.45) is 0. The van der Waals surface area contributed by atoms with Gasteiger partial charge in [0, 0.05) is 11.6 Å². The van der Waals surface area contributed by atoms with Gasteiger partial charge < -0.3 is 4.74 Å². The van der Waals surface area contributed by atoms with E-state index in [2.05, 4.69) is 4.72 Å². The molecule has 23 heavy (non-hydrogen) atoms. The smallest absolute Gasteiger partial charge is 0.215 e. The first-order valence-corrected chi connectivity index (χ1v) is 9.31. The Morgan fingerprint density at radius 3 is 2.61 bits per heavy atom. The van der Waals surface area contributed by atoms with Gasteiger partial charge in [-0.3, -0.25) is 0 Å². The van der Waals surface area contributed by atoms with Gasteiger partial charge >= 0.3 is 0 Å². The Kier molecular flexibility index (Phi) is 6.04. The molecule has 0 heterocycles. The lowest BCUT2D eigenvalue weighted by atomic mass is 10.1. The van der Waals surface area contributed by atoms with Crippen LogP contribution in [0.4, 0.5) is 0 Å². The summed E-state index contributed by atoms with van der Waals surface area (Å²) in [7, 11) is -3.44. The van der Waals surface area contributed by atoms with Gasteiger partial charge in [-0.1, -0.05) is 41.9 Å². The fourth-order valence-corrected chi connectivity index (χ4v) is 3.53. The monoisotopic (exact) mass is 353 g/mol. The number of ether oxygens (including phenoxy) is 1. The Morgan fingerprint density at radius 2 is 1.87 bits per heavy atom. The summed E-state index contributed by atoms with van der Waals surface area (Å²) in [6.45, 7) is 4.42. The van der Waals surface area contributed by atoms with Crippen molar-refractivity contribution in [2.45, 2.75) is 19.6 Å². The zero-order chi connectivity index (χ0) is 16.9. The standard InChI is InChI=1S/C17H20ClNO3S/c1-13-7-8-14(2)17(11-13)22-10-9-19-23(20,21)12-15-5-3-4-6-16(15)18/h3-8,11,19H,9-10,12H2,1-2H3. The number of sulfonamides is 1. The molecule has 0 spiro atoms. The minimum atomic E-state index is -3.44. The molecule has 0 radical (unpaired) electrons. The Balaban J connectivity index is 1.85. The molecule has 2 aromatic rings. The molecule has 124 valence electrons. The van der Waals surface area contributed by atoms with Crippen molar-refractivity contribution < 1.29 is 13.2 Å². The normalized spacial score (nSPS) is 11.4. The highest BCUT2D eigenvalue weighted by molar-refractivity contribution is 7.88. The molecule has 0 aliphatic heterocycles. The van der Waals surface area contributed by atoms with Gasteiger partial charge in [0.15, 0.2) is 0 Å². The van der Waals surface area contributed by atoms with E-state index in [9.17, 15) is 8.42 Å². The maximum atomic E-state index is 12.1. The lowest BCUT2D eigenvalue weighted by molar-refractivity contribution is 0.320. The van der Waals surface area contributed by atoms with E-state index in [4.69, 9.17) is 16.3 Å². The minimum absolute atomic E-state index is 0.143. The quantitative estimate of drug-likeness (QED) is 0.775. The van der Waals surface area contributed by atoms with Crippen LogP contribution in [0.25, 0.3) is 0 Å². The topological polar surface area (TPSA) is 55.4 Å². The molecule has 0 fully saturated rings. The van der Waals surface area contributed by atoms with Crippen LogP contribution in [-0.4, -0.2) is 21.6 Å². The summed E-state index contributed by atoms with van der Waals surface area (Å²) in [6, 6.07) is 12.8. The highest BCUT2D eigenvalue weighted by Crippen LogP contribution is 2.19. The van der Waals surface area contributed by atoms with Crippen molar-refractivity contribution in [1.29, 1.82) is 0 Å². The van der Waals surface area contributed by atoms with E-state index in [1.165, 1.54) is 0 Å². The summed E-state index contributed by atoms with van der Waals surface area (Å²) in [4.78, 5) is 0. The predicted molar refractivity (Wildman–Crippen MR) is 93.5 cm³/mol. The molecular weight excluding hydrogens is 334 g/mol. The van der Waals surface area contributed by atoms with Crippen LogP contribution in [0.15, 0.2) is 42.5 Å².